The number of amides is 2. The molecule has 0 aliphatic carbocycles. The Hall–Kier alpha value is -0.810. The summed E-state index contributed by atoms with van der Waals surface area (Å²) in [6.45, 7) is 7.06. The van der Waals surface area contributed by atoms with E-state index in [1.807, 2.05) is 13.8 Å². The van der Waals surface area contributed by atoms with Gasteiger partial charge in [0, 0.05) is 26.2 Å². The smallest absolute Gasteiger partial charge is 0.239 e. The Kier molecular flexibility index (Phi) is 8.75. The topological polar surface area (TPSA) is 61.4 Å². The largest absolute Gasteiger partial charge is 0.355 e. The second-order valence-corrected chi connectivity index (χ2v) is 4.46. The van der Waals surface area contributed by atoms with E-state index in [4.69, 9.17) is 0 Å². The van der Waals surface area contributed by atoms with E-state index >= 15 is 0 Å². The van der Waals surface area contributed by atoms with Gasteiger partial charge in [-0.25, -0.2) is 0 Å². The van der Waals surface area contributed by atoms with Crippen molar-refractivity contribution < 1.29 is 9.59 Å². The van der Waals surface area contributed by atoms with Gasteiger partial charge >= 0.3 is 0 Å². The predicted octanol–water partition coefficient (Wildman–Crippen LogP) is 0.392. The lowest BCUT2D eigenvalue weighted by Crippen LogP contribution is -2.53. The summed E-state index contributed by atoms with van der Waals surface area (Å²) in [4.78, 5) is 25.3. The monoisotopic (exact) mass is 277 g/mol. The molecule has 0 radical (unpaired) electrons. The standard InChI is InChI=1S/C12H23N3O2.ClH/c1-3-5-14-11(16)9-15(6-4-2)12(17)10-7-13-8-10;/h10,13H,3-9H2,1-2H3,(H,14,16);1H. The lowest BCUT2D eigenvalue weighted by Gasteiger charge is -2.32. The molecule has 1 aliphatic rings. The maximum Gasteiger partial charge on any atom is 0.239 e. The van der Waals surface area contributed by atoms with E-state index in [0.29, 0.717) is 13.1 Å². The first-order valence-electron chi connectivity index (χ1n) is 6.45. The molecule has 6 heteroatoms. The second-order valence-electron chi connectivity index (χ2n) is 4.46. The highest BCUT2D eigenvalue weighted by Crippen LogP contribution is 2.08. The first-order chi connectivity index (χ1) is 8.19. The zero-order chi connectivity index (χ0) is 12.7. The molecule has 0 bridgehead atoms. The fraction of sp³-hybridized carbons (Fsp3) is 0.833. The van der Waals surface area contributed by atoms with Crippen LogP contribution in [0.2, 0.25) is 0 Å². The Morgan fingerprint density at radius 3 is 2.39 bits per heavy atom. The van der Waals surface area contributed by atoms with Crippen LogP contribution in [-0.4, -0.2) is 49.4 Å². The van der Waals surface area contributed by atoms with Crippen LogP contribution in [-0.2, 0) is 9.59 Å². The van der Waals surface area contributed by atoms with Gasteiger partial charge < -0.3 is 15.5 Å². The molecule has 1 aliphatic heterocycles. The minimum atomic E-state index is -0.0547. The van der Waals surface area contributed by atoms with E-state index in [0.717, 1.165) is 25.9 Å². The minimum absolute atomic E-state index is 0. The van der Waals surface area contributed by atoms with Crippen molar-refractivity contribution >= 4 is 24.2 Å². The minimum Gasteiger partial charge on any atom is -0.355 e. The molecular weight excluding hydrogens is 254 g/mol. The molecule has 106 valence electrons. The van der Waals surface area contributed by atoms with E-state index in [-0.39, 0.29) is 36.7 Å². The van der Waals surface area contributed by atoms with Crippen molar-refractivity contribution in [2.75, 3.05) is 32.7 Å². The summed E-state index contributed by atoms with van der Waals surface area (Å²) in [5, 5.41) is 5.88. The van der Waals surface area contributed by atoms with Crippen molar-refractivity contribution in [1.82, 2.24) is 15.5 Å². The van der Waals surface area contributed by atoms with Crippen LogP contribution in [0.15, 0.2) is 0 Å². The number of nitrogens with one attached hydrogen (secondary N) is 2. The maximum absolute atomic E-state index is 12.0. The third-order valence-corrected chi connectivity index (χ3v) is 2.84. The van der Waals surface area contributed by atoms with Crippen LogP contribution in [0.5, 0.6) is 0 Å². The molecular formula is C12H24ClN3O2. The van der Waals surface area contributed by atoms with Crippen molar-refractivity contribution in [3.63, 3.8) is 0 Å². The van der Waals surface area contributed by atoms with Crippen molar-refractivity contribution in [3.05, 3.63) is 0 Å². The summed E-state index contributed by atoms with van der Waals surface area (Å²) < 4.78 is 0. The Balaban J connectivity index is 0.00000289. The van der Waals surface area contributed by atoms with Gasteiger partial charge in [0.05, 0.1) is 12.5 Å². The summed E-state index contributed by atoms with van der Waals surface area (Å²) in [6.07, 6.45) is 1.80. The molecule has 1 heterocycles. The van der Waals surface area contributed by atoms with Crippen LogP contribution in [0.4, 0.5) is 0 Å². The lowest BCUT2D eigenvalue weighted by molar-refractivity contribution is -0.140. The molecule has 5 nitrogen and oxygen atoms in total. The molecule has 1 fully saturated rings. The molecule has 1 rings (SSSR count). The van der Waals surface area contributed by atoms with Crippen LogP contribution >= 0.6 is 12.4 Å². The summed E-state index contributed by atoms with van der Waals surface area (Å²) >= 11 is 0. The Morgan fingerprint density at radius 1 is 1.28 bits per heavy atom. The molecule has 0 spiro atoms. The van der Waals surface area contributed by atoms with E-state index in [2.05, 4.69) is 10.6 Å². The van der Waals surface area contributed by atoms with Gasteiger partial charge in [0.2, 0.25) is 11.8 Å². The molecule has 0 aromatic carbocycles. The van der Waals surface area contributed by atoms with Crippen LogP contribution in [0.3, 0.4) is 0 Å². The van der Waals surface area contributed by atoms with Crippen LogP contribution < -0.4 is 10.6 Å². The zero-order valence-electron chi connectivity index (χ0n) is 11.2. The molecule has 0 unspecified atom stereocenters. The summed E-state index contributed by atoms with van der Waals surface area (Å²) in [5.41, 5.74) is 0. The van der Waals surface area contributed by atoms with Gasteiger partial charge in [0.15, 0.2) is 0 Å². The number of halogens is 1. The summed E-state index contributed by atoms with van der Waals surface area (Å²) in [5.74, 6) is 0.124. The Labute approximate surface area is 115 Å². The van der Waals surface area contributed by atoms with Gasteiger partial charge in [-0.2, -0.15) is 0 Å². The lowest BCUT2D eigenvalue weighted by atomic mass is 10.0. The van der Waals surface area contributed by atoms with Crippen molar-refractivity contribution in [2.24, 2.45) is 5.92 Å². The van der Waals surface area contributed by atoms with Gasteiger partial charge in [0.1, 0.15) is 0 Å². The molecule has 0 aromatic rings. The maximum atomic E-state index is 12.0. The molecule has 0 aromatic heterocycles. The highest BCUT2D eigenvalue weighted by Gasteiger charge is 2.29. The number of nitrogens with zero attached hydrogens (tertiary/aromatic N) is 1. The number of carbonyl (C=O) groups excluding carboxylic acids is 2. The number of hydrogen-bond donors (Lipinski definition) is 2. The molecule has 0 atom stereocenters. The molecule has 1 saturated heterocycles. The SMILES string of the molecule is CCCNC(=O)CN(CCC)C(=O)C1CNC1.Cl. The van der Waals surface area contributed by atoms with Crippen LogP contribution in [0.25, 0.3) is 0 Å². The van der Waals surface area contributed by atoms with Gasteiger partial charge in [-0.05, 0) is 12.8 Å². The van der Waals surface area contributed by atoms with Crippen molar-refractivity contribution in [1.29, 1.82) is 0 Å². The zero-order valence-corrected chi connectivity index (χ0v) is 12.0. The summed E-state index contributed by atoms with van der Waals surface area (Å²) in [6, 6.07) is 0. The first-order valence-corrected chi connectivity index (χ1v) is 6.45. The molecule has 2 amide bonds. The highest BCUT2D eigenvalue weighted by molar-refractivity contribution is 5.86. The molecule has 18 heavy (non-hydrogen) atoms. The average molecular weight is 278 g/mol. The van der Waals surface area contributed by atoms with Gasteiger partial charge in [-0.3, -0.25) is 9.59 Å². The second kappa shape index (κ2) is 9.16. The summed E-state index contributed by atoms with van der Waals surface area (Å²) in [7, 11) is 0. The van der Waals surface area contributed by atoms with Gasteiger partial charge in [-0.1, -0.05) is 13.8 Å². The van der Waals surface area contributed by atoms with E-state index < -0.39 is 0 Å². The van der Waals surface area contributed by atoms with Gasteiger partial charge in [0.25, 0.3) is 0 Å². The van der Waals surface area contributed by atoms with Gasteiger partial charge in [-0.15, -0.1) is 12.4 Å². The Morgan fingerprint density at radius 2 is 1.94 bits per heavy atom. The average Bonchev–Trinajstić information content (AvgIpc) is 2.23. The third kappa shape index (κ3) is 5.23. The van der Waals surface area contributed by atoms with E-state index in [1.165, 1.54) is 0 Å². The quantitative estimate of drug-likeness (QED) is 0.708. The fourth-order valence-corrected chi connectivity index (χ4v) is 1.75. The number of hydrogen-bond acceptors (Lipinski definition) is 3. The number of carbonyl (C=O) groups is 2. The fourth-order valence-electron chi connectivity index (χ4n) is 1.75. The number of rotatable bonds is 7. The first kappa shape index (κ1) is 17.2. The van der Waals surface area contributed by atoms with E-state index in [9.17, 15) is 9.59 Å². The molecule has 0 saturated carbocycles. The predicted molar refractivity (Wildman–Crippen MR) is 73.8 cm³/mol. The van der Waals surface area contributed by atoms with Crippen molar-refractivity contribution in [2.45, 2.75) is 26.7 Å². The third-order valence-electron chi connectivity index (χ3n) is 2.84. The van der Waals surface area contributed by atoms with Crippen molar-refractivity contribution in [3.8, 4) is 0 Å². The van der Waals surface area contributed by atoms with E-state index in [1.54, 1.807) is 4.90 Å². The Bertz CT molecular complexity index is 270. The molecule has 2 N–H and O–H groups in total. The highest BCUT2D eigenvalue weighted by atomic mass is 35.5. The van der Waals surface area contributed by atoms with Crippen LogP contribution in [0, 0.1) is 5.92 Å². The normalized spacial score (nSPS) is 14.3. The van der Waals surface area contributed by atoms with Crippen LogP contribution in [0.1, 0.15) is 26.7 Å².